The van der Waals surface area contributed by atoms with E-state index in [9.17, 15) is 4.79 Å². The molecule has 0 atom stereocenters. The van der Waals surface area contributed by atoms with Crippen LogP contribution in [0.1, 0.15) is 24.0 Å². The van der Waals surface area contributed by atoms with E-state index < -0.39 is 5.97 Å². The molecule has 1 aliphatic carbocycles. The summed E-state index contributed by atoms with van der Waals surface area (Å²) in [5.74, 6) is -0.0571. The van der Waals surface area contributed by atoms with Gasteiger partial charge >= 0.3 is 5.97 Å². The van der Waals surface area contributed by atoms with E-state index in [1.54, 1.807) is 0 Å². The Morgan fingerprint density at radius 2 is 2.29 bits per heavy atom. The zero-order valence-electron chi connectivity index (χ0n) is 10.1. The molecule has 1 aromatic heterocycles. The predicted molar refractivity (Wildman–Crippen MR) is 64.6 cm³/mol. The Balaban J connectivity index is 1.97. The van der Waals surface area contributed by atoms with Crippen molar-refractivity contribution in [2.45, 2.75) is 26.3 Å². The van der Waals surface area contributed by atoms with Gasteiger partial charge < -0.3 is 5.11 Å². The maximum atomic E-state index is 10.8. The summed E-state index contributed by atoms with van der Waals surface area (Å²) >= 11 is 0. The maximum absolute atomic E-state index is 10.8. The summed E-state index contributed by atoms with van der Waals surface area (Å²) in [6.07, 6.45) is 6.10. The molecule has 0 bridgehead atoms. The third-order valence-electron chi connectivity index (χ3n) is 2.91. The van der Waals surface area contributed by atoms with Gasteiger partial charge in [0.2, 0.25) is 0 Å². The maximum Gasteiger partial charge on any atom is 0.317 e. The Morgan fingerprint density at radius 3 is 2.88 bits per heavy atom. The molecule has 2 rings (SSSR count). The van der Waals surface area contributed by atoms with Gasteiger partial charge in [0.05, 0.1) is 6.54 Å². The van der Waals surface area contributed by atoms with E-state index in [2.05, 4.69) is 11.1 Å². The topological polar surface area (TPSA) is 53.4 Å². The number of pyridine rings is 1. The van der Waals surface area contributed by atoms with Crippen molar-refractivity contribution in [2.75, 3.05) is 13.1 Å². The Bertz CT molecular complexity index is 402. The Hall–Kier alpha value is -1.42. The number of aryl methyl sites for hydroxylation is 1. The van der Waals surface area contributed by atoms with Gasteiger partial charge in [0.15, 0.2) is 0 Å². The van der Waals surface area contributed by atoms with Gasteiger partial charge in [-0.15, -0.1) is 0 Å². The lowest BCUT2D eigenvalue weighted by atomic mass is 10.2. The summed E-state index contributed by atoms with van der Waals surface area (Å²) in [5.41, 5.74) is 2.20. The number of nitrogens with zero attached hydrogens (tertiary/aromatic N) is 2. The van der Waals surface area contributed by atoms with Crippen LogP contribution in [0.25, 0.3) is 0 Å². The van der Waals surface area contributed by atoms with E-state index in [1.165, 1.54) is 12.8 Å². The standard InChI is InChI=1S/C13H18N2O2/c1-10-4-12(6-14-5-10)8-15(9-13(16)17)7-11-2-3-11/h4-6,11H,2-3,7-9H2,1H3,(H,16,17). The fraction of sp³-hybridized carbons (Fsp3) is 0.538. The second-order valence-corrected chi connectivity index (χ2v) is 4.88. The van der Waals surface area contributed by atoms with Crippen LogP contribution in [0, 0.1) is 12.8 Å². The van der Waals surface area contributed by atoms with Crippen molar-refractivity contribution < 1.29 is 9.90 Å². The van der Waals surface area contributed by atoms with E-state index in [1.807, 2.05) is 24.2 Å². The number of hydrogen-bond donors (Lipinski definition) is 1. The zero-order valence-corrected chi connectivity index (χ0v) is 10.1. The highest BCUT2D eigenvalue weighted by Crippen LogP contribution is 2.30. The molecule has 1 aromatic rings. The molecule has 1 fully saturated rings. The first kappa shape index (κ1) is 12.0. The molecule has 92 valence electrons. The second-order valence-electron chi connectivity index (χ2n) is 4.88. The normalized spacial score (nSPS) is 15.2. The van der Waals surface area contributed by atoms with Crippen molar-refractivity contribution in [3.05, 3.63) is 29.6 Å². The fourth-order valence-electron chi connectivity index (χ4n) is 2.00. The smallest absolute Gasteiger partial charge is 0.317 e. The summed E-state index contributed by atoms with van der Waals surface area (Å²) in [6, 6.07) is 2.06. The van der Waals surface area contributed by atoms with E-state index in [4.69, 9.17) is 5.11 Å². The molecule has 17 heavy (non-hydrogen) atoms. The third kappa shape index (κ3) is 4.15. The molecule has 0 saturated heterocycles. The average Bonchev–Trinajstić information content (AvgIpc) is 3.00. The minimum atomic E-state index is -0.758. The Kier molecular flexibility index (Phi) is 3.74. The second kappa shape index (κ2) is 5.27. The van der Waals surface area contributed by atoms with E-state index in [0.29, 0.717) is 12.5 Å². The zero-order chi connectivity index (χ0) is 12.3. The lowest BCUT2D eigenvalue weighted by Gasteiger charge is -2.20. The molecule has 1 N–H and O–H groups in total. The van der Waals surface area contributed by atoms with E-state index in [-0.39, 0.29) is 6.54 Å². The van der Waals surface area contributed by atoms with Crippen molar-refractivity contribution >= 4 is 5.97 Å². The van der Waals surface area contributed by atoms with Gasteiger partial charge in [-0.2, -0.15) is 0 Å². The summed E-state index contributed by atoms with van der Waals surface area (Å²) in [6.45, 7) is 3.68. The number of hydrogen-bond acceptors (Lipinski definition) is 3. The van der Waals surface area contributed by atoms with Gasteiger partial charge in [-0.1, -0.05) is 6.07 Å². The molecule has 0 amide bonds. The monoisotopic (exact) mass is 234 g/mol. The van der Waals surface area contributed by atoms with Gasteiger partial charge in [-0.3, -0.25) is 14.7 Å². The molecule has 1 heterocycles. The number of aliphatic carboxylic acids is 1. The highest BCUT2D eigenvalue weighted by molar-refractivity contribution is 5.69. The molecule has 1 aliphatic rings. The van der Waals surface area contributed by atoms with Crippen LogP contribution in [0.5, 0.6) is 0 Å². The van der Waals surface area contributed by atoms with Crippen LogP contribution in [-0.4, -0.2) is 34.0 Å². The van der Waals surface area contributed by atoms with Crippen LogP contribution >= 0.6 is 0 Å². The quantitative estimate of drug-likeness (QED) is 0.813. The SMILES string of the molecule is Cc1cncc(CN(CC(=O)O)CC2CC2)c1. The van der Waals surface area contributed by atoms with Gasteiger partial charge in [0, 0.05) is 25.5 Å². The van der Waals surface area contributed by atoms with E-state index in [0.717, 1.165) is 17.7 Å². The van der Waals surface area contributed by atoms with Crippen LogP contribution in [0.2, 0.25) is 0 Å². The third-order valence-corrected chi connectivity index (χ3v) is 2.91. The molecule has 0 spiro atoms. The van der Waals surface area contributed by atoms with Crippen LogP contribution in [0.15, 0.2) is 18.5 Å². The number of carboxylic acids is 1. The average molecular weight is 234 g/mol. The lowest BCUT2D eigenvalue weighted by Crippen LogP contribution is -2.31. The van der Waals surface area contributed by atoms with Crippen LogP contribution in [0.3, 0.4) is 0 Å². The number of aromatic nitrogens is 1. The molecular weight excluding hydrogens is 216 g/mol. The summed E-state index contributed by atoms with van der Waals surface area (Å²) in [5, 5.41) is 8.89. The first-order valence-electron chi connectivity index (χ1n) is 5.98. The van der Waals surface area contributed by atoms with E-state index >= 15 is 0 Å². The molecule has 0 radical (unpaired) electrons. The van der Waals surface area contributed by atoms with Crippen molar-refractivity contribution in [1.82, 2.24) is 9.88 Å². The number of rotatable bonds is 6. The van der Waals surface area contributed by atoms with Crippen LogP contribution in [0.4, 0.5) is 0 Å². The number of carboxylic acid groups (broad SMARTS) is 1. The first-order valence-corrected chi connectivity index (χ1v) is 5.98. The number of carbonyl (C=O) groups is 1. The molecule has 0 aliphatic heterocycles. The fourth-order valence-corrected chi connectivity index (χ4v) is 2.00. The summed E-state index contributed by atoms with van der Waals surface area (Å²) in [4.78, 5) is 16.9. The van der Waals surface area contributed by atoms with Gasteiger partial charge in [-0.05, 0) is 36.8 Å². The van der Waals surface area contributed by atoms with Crippen molar-refractivity contribution in [3.8, 4) is 0 Å². The first-order chi connectivity index (χ1) is 8.13. The highest BCUT2D eigenvalue weighted by Gasteiger charge is 2.25. The van der Waals surface area contributed by atoms with Crippen LogP contribution in [-0.2, 0) is 11.3 Å². The van der Waals surface area contributed by atoms with Gasteiger partial charge in [-0.25, -0.2) is 0 Å². The highest BCUT2D eigenvalue weighted by atomic mass is 16.4. The van der Waals surface area contributed by atoms with Crippen molar-refractivity contribution in [1.29, 1.82) is 0 Å². The molecule has 4 nitrogen and oxygen atoms in total. The van der Waals surface area contributed by atoms with Crippen molar-refractivity contribution in [2.24, 2.45) is 5.92 Å². The molecule has 0 unspecified atom stereocenters. The molecule has 1 saturated carbocycles. The minimum Gasteiger partial charge on any atom is -0.480 e. The van der Waals surface area contributed by atoms with Crippen LogP contribution < -0.4 is 0 Å². The van der Waals surface area contributed by atoms with Gasteiger partial charge in [0.1, 0.15) is 0 Å². The summed E-state index contributed by atoms with van der Waals surface area (Å²) < 4.78 is 0. The largest absolute Gasteiger partial charge is 0.480 e. The minimum absolute atomic E-state index is 0.116. The lowest BCUT2D eigenvalue weighted by molar-refractivity contribution is -0.138. The Morgan fingerprint density at radius 1 is 1.53 bits per heavy atom. The molecular formula is C13H18N2O2. The molecule has 0 aromatic carbocycles. The predicted octanol–water partition coefficient (Wildman–Crippen LogP) is 1.69. The van der Waals surface area contributed by atoms with Gasteiger partial charge in [0.25, 0.3) is 0 Å². The van der Waals surface area contributed by atoms with Crippen molar-refractivity contribution in [3.63, 3.8) is 0 Å². The molecule has 4 heteroatoms. The summed E-state index contributed by atoms with van der Waals surface area (Å²) in [7, 11) is 0. The Labute approximate surface area is 101 Å².